The molecule has 3 heterocycles. The van der Waals surface area contributed by atoms with Gasteiger partial charge in [-0.3, -0.25) is 19.4 Å². The monoisotopic (exact) mass is 499 g/mol. The third kappa shape index (κ3) is 5.54. The van der Waals surface area contributed by atoms with Crippen molar-refractivity contribution in [3.63, 3.8) is 0 Å². The van der Waals surface area contributed by atoms with Crippen LogP contribution >= 0.6 is 0 Å². The second-order valence-electron chi connectivity index (χ2n) is 9.31. The smallest absolute Gasteiger partial charge is 0.253 e. The van der Waals surface area contributed by atoms with Crippen molar-refractivity contribution >= 4 is 5.91 Å². The van der Waals surface area contributed by atoms with Crippen molar-refractivity contribution < 1.29 is 13.9 Å². The number of para-hydroxylation sites is 1. The van der Waals surface area contributed by atoms with Gasteiger partial charge < -0.3 is 10.1 Å². The molecule has 1 fully saturated rings. The first-order valence-corrected chi connectivity index (χ1v) is 12.4. The molecule has 5 rings (SSSR count). The molecule has 1 amide bonds. The fourth-order valence-corrected chi connectivity index (χ4v) is 4.88. The van der Waals surface area contributed by atoms with E-state index in [9.17, 15) is 9.18 Å². The Morgan fingerprint density at radius 2 is 1.89 bits per heavy atom. The van der Waals surface area contributed by atoms with Gasteiger partial charge in [-0.1, -0.05) is 24.3 Å². The van der Waals surface area contributed by atoms with Gasteiger partial charge in [-0.15, -0.1) is 0 Å². The zero-order valence-corrected chi connectivity index (χ0v) is 21.0. The summed E-state index contributed by atoms with van der Waals surface area (Å²) in [5, 5.41) is 7.65. The quantitative estimate of drug-likeness (QED) is 0.399. The SMILES string of the molecule is COc1ccccc1-c1c(CN2CCC(NC(=O)c3ccc(-c4cccc(F)c4)nc3)CC2)cnn1C. The van der Waals surface area contributed by atoms with Crippen molar-refractivity contribution in [2.24, 2.45) is 7.05 Å². The number of nitrogens with zero attached hydrogens (tertiary/aromatic N) is 4. The van der Waals surface area contributed by atoms with E-state index in [0.29, 0.717) is 16.8 Å². The molecule has 1 N–H and O–H groups in total. The minimum absolute atomic E-state index is 0.106. The highest BCUT2D eigenvalue weighted by molar-refractivity contribution is 5.94. The Bertz CT molecular complexity index is 1380. The zero-order chi connectivity index (χ0) is 25.8. The van der Waals surface area contributed by atoms with Gasteiger partial charge in [0, 0.05) is 55.6 Å². The summed E-state index contributed by atoms with van der Waals surface area (Å²) in [6.07, 6.45) is 5.21. The molecule has 0 unspecified atom stereocenters. The highest BCUT2D eigenvalue weighted by Crippen LogP contribution is 2.32. The molecule has 7 nitrogen and oxygen atoms in total. The van der Waals surface area contributed by atoms with E-state index in [2.05, 4.69) is 26.4 Å². The lowest BCUT2D eigenvalue weighted by Gasteiger charge is -2.32. The molecule has 0 radical (unpaired) electrons. The summed E-state index contributed by atoms with van der Waals surface area (Å²) < 4.78 is 21.0. The van der Waals surface area contributed by atoms with Gasteiger partial charge in [0.2, 0.25) is 0 Å². The molecule has 0 bridgehead atoms. The Labute approximate surface area is 215 Å². The Morgan fingerprint density at radius 1 is 1.08 bits per heavy atom. The number of pyridine rings is 1. The second kappa shape index (κ2) is 10.9. The molecule has 190 valence electrons. The molecule has 8 heteroatoms. The first-order chi connectivity index (χ1) is 18.0. The first-order valence-electron chi connectivity index (χ1n) is 12.4. The number of hydrogen-bond donors (Lipinski definition) is 1. The number of carbonyl (C=O) groups is 1. The number of aromatic nitrogens is 3. The number of likely N-dealkylation sites (tertiary alicyclic amines) is 1. The van der Waals surface area contributed by atoms with Crippen LogP contribution in [0, 0.1) is 5.82 Å². The summed E-state index contributed by atoms with van der Waals surface area (Å²) in [7, 11) is 3.63. The minimum atomic E-state index is -0.313. The number of halogens is 1. The largest absolute Gasteiger partial charge is 0.496 e. The van der Waals surface area contributed by atoms with E-state index in [-0.39, 0.29) is 17.8 Å². The number of carbonyl (C=O) groups excluding carboxylic acids is 1. The minimum Gasteiger partial charge on any atom is -0.496 e. The van der Waals surface area contributed by atoms with Crippen LogP contribution < -0.4 is 10.1 Å². The van der Waals surface area contributed by atoms with Crippen LogP contribution in [0.2, 0.25) is 0 Å². The molecule has 0 saturated carbocycles. The molecule has 4 aromatic rings. The number of hydrogen-bond acceptors (Lipinski definition) is 5. The van der Waals surface area contributed by atoms with Gasteiger partial charge >= 0.3 is 0 Å². The molecule has 2 aromatic heterocycles. The van der Waals surface area contributed by atoms with Gasteiger partial charge in [0.05, 0.1) is 30.3 Å². The summed E-state index contributed by atoms with van der Waals surface area (Å²) >= 11 is 0. The van der Waals surface area contributed by atoms with Crippen molar-refractivity contribution in [1.82, 2.24) is 25.0 Å². The van der Waals surface area contributed by atoms with E-state index in [0.717, 1.165) is 55.0 Å². The Morgan fingerprint density at radius 3 is 2.62 bits per heavy atom. The highest BCUT2D eigenvalue weighted by atomic mass is 19.1. The number of nitrogens with one attached hydrogen (secondary N) is 1. The number of ether oxygens (including phenoxy) is 1. The van der Waals surface area contributed by atoms with Gasteiger partial charge in [-0.05, 0) is 49.2 Å². The van der Waals surface area contributed by atoms with E-state index in [1.54, 1.807) is 37.6 Å². The molecule has 1 aliphatic heterocycles. The van der Waals surface area contributed by atoms with Crippen LogP contribution in [-0.4, -0.2) is 51.8 Å². The average molecular weight is 500 g/mol. The standard InChI is InChI=1S/C29H30FN5O2/c1-34-28(25-8-3-4-9-27(25)37-2)22(18-32-34)19-35-14-12-24(13-15-35)33-29(36)21-10-11-26(31-17-21)20-6-5-7-23(30)16-20/h3-11,16-18,24H,12-15,19H2,1-2H3,(H,33,36). The summed E-state index contributed by atoms with van der Waals surface area (Å²) in [5.41, 5.74) is 5.05. The first kappa shape index (κ1) is 24.6. The molecule has 1 saturated heterocycles. The van der Waals surface area contributed by atoms with Crippen LogP contribution in [0.25, 0.3) is 22.5 Å². The van der Waals surface area contributed by atoms with Crippen molar-refractivity contribution in [3.8, 4) is 28.3 Å². The van der Waals surface area contributed by atoms with Crippen LogP contribution in [0.3, 0.4) is 0 Å². The van der Waals surface area contributed by atoms with E-state index >= 15 is 0 Å². The summed E-state index contributed by atoms with van der Waals surface area (Å²) in [4.78, 5) is 19.6. The lowest BCUT2D eigenvalue weighted by molar-refractivity contribution is 0.0908. The number of benzene rings is 2. The molecular weight excluding hydrogens is 469 g/mol. The molecular formula is C29H30FN5O2. The summed E-state index contributed by atoms with van der Waals surface area (Å²) in [6.45, 7) is 2.54. The maximum Gasteiger partial charge on any atom is 0.253 e. The maximum absolute atomic E-state index is 13.5. The Balaban J connectivity index is 1.17. The number of methoxy groups -OCH3 is 1. The van der Waals surface area contributed by atoms with E-state index in [1.165, 1.54) is 12.1 Å². The van der Waals surface area contributed by atoms with Crippen LogP contribution in [0.4, 0.5) is 4.39 Å². The fraction of sp³-hybridized carbons (Fsp3) is 0.276. The van der Waals surface area contributed by atoms with Crippen molar-refractivity contribution in [2.75, 3.05) is 20.2 Å². The third-order valence-corrected chi connectivity index (χ3v) is 6.84. The van der Waals surface area contributed by atoms with Crippen molar-refractivity contribution in [2.45, 2.75) is 25.4 Å². The summed E-state index contributed by atoms with van der Waals surface area (Å²) in [5.74, 6) is 0.377. The topological polar surface area (TPSA) is 72.3 Å². The van der Waals surface area contributed by atoms with Gasteiger partial charge in [0.15, 0.2) is 0 Å². The van der Waals surface area contributed by atoms with Crippen LogP contribution in [0.5, 0.6) is 5.75 Å². The molecule has 0 atom stereocenters. The van der Waals surface area contributed by atoms with Crippen LogP contribution in [0.15, 0.2) is 73.1 Å². The lowest BCUT2D eigenvalue weighted by atomic mass is 10.0. The van der Waals surface area contributed by atoms with Gasteiger partial charge in [0.25, 0.3) is 5.91 Å². The average Bonchev–Trinajstić information content (AvgIpc) is 3.29. The Kier molecular flexibility index (Phi) is 7.28. The molecule has 1 aliphatic rings. The molecule has 2 aromatic carbocycles. The number of rotatable bonds is 7. The number of aryl methyl sites for hydroxylation is 1. The fourth-order valence-electron chi connectivity index (χ4n) is 4.88. The predicted octanol–water partition coefficient (Wildman–Crippen LogP) is 4.69. The van der Waals surface area contributed by atoms with E-state index < -0.39 is 0 Å². The summed E-state index contributed by atoms with van der Waals surface area (Å²) in [6, 6.07) is 17.8. The maximum atomic E-state index is 13.5. The van der Waals surface area contributed by atoms with Gasteiger partial charge in [-0.25, -0.2) is 4.39 Å². The molecule has 37 heavy (non-hydrogen) atoms. The van der Waals surface area contributed by atoms with E-state index in [4.69, 9.17) is 4.74 Å². The van der Waals surface area contributed by atoms with Gasteiger partial charge in [-0.2, -0.15) is 5.10 Å². The third-order valence-electron chi connectivity index (χ3n) is 6.84. The molecule has 0 aliphatic carbocycles. The van der Waals surface area contributed by atoms with Crippen LogP contribution in [0.1, 0.15) is 28.8 Å². The van der Waals surface area contributed by atoms with Crippen LogP contribution in [-0.2, 0) is 13.6 Å². The number of piperidine rings is 1. The zero-order valence-electron chi connectivity index (χ0n) is 21.0. The normalized spacial score (nSPS) is 14.5. The number of amides is 1. The second-order valence-corrected chi connectivity index (χ2v) is 9.31. The Hall–Kier alpha value is -4.04. The van der Waals surface area contributed by atoms with Crippen molar-refractivity contribution in [3.05, 3.63) is 90.0 Å². The van der Waals surface area contributed by atoms with Crippen molar-refractivity contribution in [1.29, 1.82) is 0 Å². The lowest BCUT2D eigenvalue weighted by Crippen LogP contribution is -2.44. The molecule has 0 spiro atoms. The predicted molar refractivity (Wildman–Crippen MR) is 141 cm³/mol. The van der Waals surface area contributed by atoms with E-state index in [1.807, 2.05) is 36.1 Å². The highest BCUT2D eigenvalue weighted by Gasteiger charge is 2.23. The van der Waals surface area contributed by atoms with Gasteiger partial charge in [0.1, 0.15) is 11.6 Å².